The summed E-state index contributed by atoms with van der Waals surface area (Å²) in [6, 6.07) is 11.7. The number of esters is 1. The van der Waals surface area contributed by atoms with Crippen molar-refractivity contribution in [3.05, 3.63) is 75.7 Å². The number of ether oxygens (including phenoxy) is 1. The van der Waals surface area contributed by atoms with E-state index in [4.69, 9.17) is 14.1 Å². The van der Waals surface area contributed by atoms with Crippen LogP contribution in [0.5, 0.6) is 0 Å². The summed E-state index contributed by atoms with van der Waals surface area (Å²) in [7, 11) is 0. The average Bonchev–Trinajstić information content (AvgIpc) is 3.63. The van der Waals surface area contributed by atoms with Gasteiger partial charge in [0, 0.05) is 33.3 Å². The summed E-state index contributed by atoms with van der Waals surface area (Å²) in [5, 5.41) is 4.77. The van der Waals surface area contributed by atoms with Crippen LogP contribution >= 0.6 is 11.3 Å². The number of carbonyl (C=O) groups is 2. The predicted octanol–water partition coefficient (Wildman–Crippen LogP) is 7.00. The number of amides is 1. The number of furan rings is 1. The molecule has 40 heavy (non-hydrogen) atoms. The van der Waals surface area contributed by atoms with Gasteiger partial charge in [0.1, 0.15) is 17.3 Å². The molecule has 0 saturated carbocycles. The fraction of sp³-hybridized carbons (Fsp3) is 0.406. The standard InChI is InChI=1S/C32H37N3O4S/c1-6-38-28(36)19-35-20(2)25(23-11-7-8-12-26(23)35)18-34-31-29(30(37)33-17-22-10-9-15-39-22)24-14-13-21(32(3,4)5)16-27(24)40-31/h7-12,15,18,21H,6,13-14,16-17,19H2,1-5H3,(H,33,37)/t21-/m0/s1. The van der Waals surface area contributed by atoms with Crippen LogP contribution in [0.15, 0.2) is 52.1 Å². The number of hydrogen-bond donors (Lipinski definition) is 1. The number of rotatable bonds is 8. The molecular formula is C32H37N3O4S. The Hall–Kier alpha value is -3.65. The molecule has 0 fully saturated rings. The van der Waals surface area contributed by atoms with Crippen LogP contribution in [0.3, 0.4) is 0 Å². The van der Waals surface area contributed by atoms with Crippen LogP contribution in [0, 0.1) is 18.3 Å². The van der Waals surface area contributed by atoms with E-state index in [1.54, 1.807) is 17.6 Å². The fourth-order valence-corrected chi connectivity index (χ4v) is 6.86. The van der Waals surface area contributed by atoms with Gasteiger partial charge in [-0.25, -0.2) is 4.99 Å². The van der Waals surface area contributed by atoms with E-state index in [1.807, 2.05) is 61.0 Å². The third-order valence-electron chi connectivity index (χ3n) is 7.88. The monoisotopic (exact) mass is 559 g/mol. The SMILES string of the molecule is CCOC(=O)Cn1c(C)c(C=Nc2sc3c(c2C(=O)NCc2ccco2)CC[C@H](C(C)(C)C)C3)c2ccccc21. The number of aliphatic imine (C=N–C) groups is 1. The Labute approximate surface area is 239 Å². The van der Waals surface area contributed by atoms with Gasteiger partial charge in [0.25, 0.3) is 5.91 Å². The summed E-state index contributed by atoms with van der Waals surface area (Å²) in [5.41, 5.74) is 4.80. The lowest BCUT2D eigenvalue weighted by atomic mass is 9.72. The quantitative estimate of drug-likeness (QED) is 0.186. The molecule has 1 aliphatic carbocycles. The molecule has 4 aromatic rings. The van der Waals surface area contributed by atoms with Gasteiger partial charge in [-0.15, -0.1) is 11.3 Å². The summed E-state index contributed by atoms with van der Waals surface area (Å²) in [6.07, 6.45) is 6.33. The molecule has 1 N–H and O–H groups in total. The number of fused-ring (bicyclic) bond motifs is 2. The van der Waals surface area contributed by atoms with Gasteiger partial charge < -0.3 is 19.0 Å². The second kappa shape index (κ2) is 11.5. The van der Waals surface area contributed by atoms with Crippen LogP contribution in [0.1, 0.15) is 71.9 Å². The Kier molecular flexibility index (Phi) is 7.99. The summed E-state index contributed by atoms with van der Waals surface area (Å²) in [6.45, 7) is 11.5. The highest BCUT2D eigenvalue weighted by Crippen LogP contribution is 2.45. The number of nitrogens with zero attached hydrogens (tertiary/aromatic N) is 2. The average molecular weight is 560 g/mol. The smallest absolute Gasteiger partial charge is 0.325 e. The number of para-hydroxylation sites is 1. The Bertz CT molecular complexity index is 1550. The van der Waals surface area contributed by atoms with Crippen molar-refractivity contribution >= 4 is 45.3 Å². The van der Waals surface area contributed by atoms with E-state index in [0.717, 1.165) is 52.0 Å². The van der Waals surface area contributed by atoms with E-state index in [-0.39, 0.29) is 23.8 Å². The van der Waals surface area contributed by atoms with Gasteiger partial charge in [-0.3, -0.25) is 9.59 Å². The molecule has 0 spiro atoms. The van der Waals surface area contributed by atoms with E-state index in [1.165, 1.54) is 4.88 Å². The fourth-order valence-electron chi connectivity index (χ4n) is 5.59. The molecule has 0 bridgehead atoms. The van der Waals surface area contributed by atoms with E-state index in [0.29, 0.717) is 30.4 Å². The van der Waals surface area contributed by atoms with Gasteiger partial charge in [-0.2, -0.15) is 0 Å². The lowest BCUT2D eigenvalue weighted by Gasteiger charge is -2.33. The van der Waals surface area contributed by atoms with Crippen molar-refractivity contribution in [2.45, 2.75) is 67.0 Å². The Balaban J connectivity index is 1.53. The number of thiophene rings is 1. The maximum atomic E-state index is 13.6. The van der Waals surface area contributed by atoms with Crippen molar-refractivity contribution in [1.29, 1.82) is 0 Å². The minimum absolute atomic E-state index is 0.128. The lowest BCUT2D eigenvalue weighted by Crippen LogP contribution is -2.28. The molecule has 3 aromatic heterocycles. The molecule has 0 aliphatic heterocycles. The first-order chi connectivity index (χ1) is 19.2. The maximum Gasteiger partial charge on any atom is 0.325 e. The highest BCUT2D eigenvalue weighted by atomic mass is 32.1. The van der Waals surface area contributed by atoms with Crippen LogP contribution < -0.4 is 5.32 Å². The largest absolute Gasteiger partial charge is 0.467 e. The maximum absolute atomic E-state index is 13.6. The van der Waals surface area contributed by atoms with Crippen LogP contribution in [-0.4, -0.2) is 29.3 Å². The minimum atomic E-state index is -0.273. The van der Waals surface area contributed by atoms with Crippen LogP contribution in [-0.2, 0) is 35.5 Å². The summed E-state index contributed by atoms with van der Waals surface area (Å²) < 4.78 is 12.6. The first-order valence-electron chi connectivity index (χ1n) is 13.9. The summed E-state index contributed by atoms with van der Waals surface area (Å²) in [4.78, 5) is 32.1. The molecule has 210 valence electrons. The molecule has 1 atom stereocenters. The van der Waals surface area contributed by atoms with Gasteiger partial charge in [0.2, 0.25) is 0 Å². The highest BCUT2D eigenvalue weighted by Gasteiger charge is 2.33. The first kappa shape index (κ1) is 27.9. The van der Waals surface area contributed by atoms with Crippen molar-refractivity contribution in [3.63, 3.8) is 0 Å². The second-order valence-electron chi connectivity index (χ2n) is 11.4. The van der Waals surface area contributed by atoms with E-state index < -0.39 is 0 Å². The molecule has 0 saturated heterocycles. The normalized spacial score (nSPS) is 15.5. The van der Waals surface area contributed by atoms with E-state index in [9.17, 15) is 9.59 Å². The Morgan fingerprint density at radius 2 is 2.02 bits per heavy atom. The lowest BCUT2D eigenvalue weighted by molar-refractivity contribution is -0.143. The van der Waals surface area contributed by atoms with E-state index >= 15 is 0 Å². The number of nitrogens with one attached hydrogen (secondary N) is 1. The van der Waals surface area contributed by atoms with Gasteiger partial charge in [-0.1, -0.05) is 39.0 Å². The molecule has 1 aliphatic rings. The number of carbonyl (C=O) groups excluding carboxylic acids is 2. The molecule has 0 radical (unpaired) electrons. The minimum Gasteiger partial charge on any atom is -0.467 e. The van der Waals surface area contributed by atoms with Gasteiger partial charge in [0.15, 0.2) is 0 Å². The van der Waals surface area contributed by atoms with Gasteiger partial charge >= 0.3 is 5.97 Å². The molecule has 0 unspecified atom stereocenters. The summed E-state index contributed by atoms with van der Waals surface area (Å²) >= 11 is 1.62. The van der Waals surface area contributed by atoms with Crippen molar-refractivity contribution in [2.24, 2.45) is 16.3 Å². The highest BCUT2D eigenvalue weighted by molar-refractivity contribution is 7.16. The van der Waals surface area contributed by atoms with Crippen molar-refractivity contribution in [2.75, 3.05) is 6.61 Å². The number of hydrogen-bond acceptors (Lipinski definition) is 6. The van der Waals surface area contributed by atoms with Gasteiger partial charge in [-0.05, 0) is 68.2 Å². The number of aromatic nitrogens is 1. The summed E-state index contributed by atoms with van der Waals surface area (Å²) in [5.74, 6) is 0.861. The molecular weight excluding hydrogens is 522 g/mol. The zero-order chi connectivity index (χ0) is 28.4. The second-order valence-corrected chi connectivity index (χ2v) is 12.5. The third-order valence-corrected chi connectivity index (χ3v) is 9.05. The van der Waals surface area contributed by atoms with Crippen molar-refractivity contribution < 1.29 is 18.7 Å². The predicted molar refractivity (Wildman–Crippen MR) is 160 cm³/mol. The molecule has 5 rings (SSSR count). The first-order valence-corrected chi connectivity index (χ1v) is 14.7. The van der Waals surface area contributed by atoms with Gasteiger partial charge in [0.05, 0.1) is 25.0 Å². The number of benzene rings is 1. The van der Waals surface area contributed by atoms with Crippen molar-refractivity contribution in [3.8, 4) is 0 Å². The Morgan fingerprint density at radius 3 is 2.75 bits per heavy atom. The van der Waals surface area contributed by atoms with Crippen molar-refractivity contribution in [1.82, 2.24) is 9.88 Å². The molecule has 1 aromatic carbocycles. The molecule has 7 nitrogen and oxygen atoms in total. The zero-order valence-corrected chi connectivity index (χ0v) is 24.7. The zero-order valence-electron chi connectivity index (χ0n) is 23.9. The van der Waals surface area contributed by atoms with Crippen LogP contribution in [0.4, 0.5) is 5.00 Å². The van der Waals surface area contributed by atoms with Crippen LogP contribution in [0.2, 0.25) is 0 Å². The van der Waals surface area contributed by atoms with E-state index in [2.05, 4.69) is 26.1 Å². The molecule has 8 heteroatoms. The molecule has 3 heterocycles. The topological polar surface area (TPSA) is 85.8 Å². The third kappa shape index (κ3) is 5.63. The molecule has 1 amide bonds. The van der Waals surface area contributed by atoms with Crippen LogP contribution in [0.25, 0.3) is 10.9 Å². The Morgan fingerprint density at radius 1 is 1.23 bits per heavy atom.